The Labute approximate surface area is 167 Å². The second-order valence-corrected chi connectivity index (χ2v) is 8.37. The molecule has 0 N–H and O–H groups in total. The first-order valence-electron chi connectivity index (χ1n) is 9.52. The molecule has 6 heteroatoms. The summed E-state index contributed by atoms with van der Waals surface area (Å²) in [4.78, 5) is 26.0. The number of rotatable bonds is 5. The van der Waals surface area contributed by atoms with Crippen LogP contribution in [-0.2, 0) is 25.4 Å². The molecule has 1 aromatic carbocycles. The Morgan fingerprint density at radius 2 is 1.86 bits per heavy atom. The van der Waals surface area contributed by atoms with Crippen LogP contribution in [0.3, 0.4) is 0 Å². The van der Waals surface area contributed by atoms with Crippen molar-refractivity contribution in [3.05, 3.63) is 48.0 Å². The van der Waals surface area contributed by atoms with Crippen LogP contribution in [0.4, 0.5) is 4.79 Å². The van der Waals surface area contributed by atoms with Gasteiger partial charge in [-0.1, -0.05) is 36.4 Å². The number of methoxy groups -OCH3 is 1. The maximum absolute atomic E-state index is 13.0. The summed E-state index contributed by atoms with van der Waals surface area (Å²) in [7, 11) is 1.34. The minimum Gasteiger partial charge on any atom is -0.466 e. The van der Waals surface area contributed by atoms with Crippen LogP contribution >= 0.6 is 0 Å². The molecule has 1 amide bonds. The highest BCUT2D eigenvalue weighted by Gasteiger charge is 2.50. The second kappa shape index (κ2) is 8.78. The molecular weight excluding hydrogens is 358 g/mol. The van der Waals surface area contributed by atoms with Gasteiger partial charge in [-0.25, -0.2) is 9.59 Å². The van der Waals surface area contributed by atoms with Gasteiger partial charge in [-0.15, -0.1) is 0 Å². The van der Waals surface area contributed by atoms with E-state index in [1.54, 1.807) is 11.0 Å². The van der Waals surface area contributed by atoms with Crippen molar-refractivity contribution in [2.75, 3.05) is 7.11 Å². The lowest BCUT2D eigenvalue weighted by Crippen LogP contribution is -2.51. The number of carbonyl (C=O) groups is 2. The molecule has 1 heterocycles. The molecule has 0 aromatic heterocycles. The SMILES string of the molecule is COC(=O)/C=C/CC1OC(C)(C)N(C(=O)OC(C)(C)C)C1Cc1ccccc1. The van der Waals surface area contributed by atoms with Gasteiger partial charge in [-0.05, 0) is 53.0 Å². The van der Waals surface area contributed by atoms with Gasteiger partial charge >= 0.3 is 12.1 Å². The van der Waals surface area contributed by atoms with E-state index in [-0.39, 0.29) is 12.1 Å². The molecular formula is C22H31NO5. The van der Waals surface area contributed by atoms with Crippen molar-refractivity contribution < 1.29 is 23.8 Å². The fourth-order valence-corrected chi connectivity index (χ4v) is 3.39. The van der Waals surface area contributed by atoms with E-state index in [1.165, 1.54) is 13.2 Å². The zero-order valence-electron chi connectivity index (χ0n) is 17.6. The summed E-state index contributed by atoms with van der Waals surface area (Å²) in [6.07, 6.45) is 3.53. The lowest BCUT2D eigenvalue weighted by atomic mass is 9.98. The molecule has 28 heavy (non-hydrogen) atoms. The van der Waals surface area contributed by atoms with Crippen molar-refractivity contribution in [1.82, 2.24) is 4.90 Å². The van der Waals surface area contributed by atoms with Crippen molar-refractivity contribution in [1.29, 1.82) is 0 Å². The summed E-state index contributed by atoms with van der Waals surface area (Å²) in [5, 5.41) is 0. The van der Waals surface area contributed by atoms with Gasteiger partial charge in [-0.2, -0.15) is 0 Å². The first-order chi connectivity index (χ1) is 13.0. The van der Waals surface area contributed by atoms with Crippen LogP contribution < -0.4 is 0 Å². The first-order valence-corrected chi connectivity index (χ1v) is 9.52. The van der Waals surface area contributed by atoms with Crippen LogP contribution in [0.2, 0.25) is 0 Å². The summed E-state index contributed by atoms with van der Waals surface area (Å²) in [6, 6.07) is 9.73. The predicted molar refractivity (Wildman–Crippen MR) is 107 cm³/mol. The third kappa shape index (κ3) is 5.83. The van der Waals surface area contributed by atoms with E-state index in [0.717, 1.165) is 5.56 Å². The third-order valence-electron chi connectivity index (χ3n) is 4.48. The first kappa shape index (κ1) is 22.0. The maximum atomic E-state index is 13.0. The molecule has 1 saturated heterocycles. The van der Waals surface area contributed by atoms with Gasteiger partial charge in [0.05, 0.1) is 19.3 Å². The maximum Gasteiger partial charge on any atom is 0.412 e. The topological polar surface area (TPSA) is 65.1 Å². The number of ether oxygens (including phenoxy) is 3. The quantitative estimate of drug-likeness (QED) is 0.561. The minimum absolute atomic E-state index is 0.227. The molecule has 2 rings (SSSR count). The molecule has 6 nitrogen and oxygen atoms in total. The molecule has 0 bridgehead atoms. The summed E-state index contributed by atoms with van der Waals surface area (Å²) >= 11 is 0. The van der Waals surface area contributed by atoms with E-state index in [9.17, 15) is 9.59 Å². The lowest BCUT2D eigenvalue weighted by Gasteiger charge is -2.35. The number of amides is 1. The molecule has 0 radical (unpaired) electrons. The average molecular weight is 389 g/mol. The van der Waals surface area contributed by atoms with Gasteiger partial charge in [0.1, 0.15) is 11.3 Å². The second-order valence-electron chi connectivity index (χ2n) is 8.37. The molecule has 2 atom stereocenters. The van der Waals surface area contributed by atoms with Gasteiger partial charge in [0.2, 0.25) is 0 Å². The fourth-order valence-electron chi connectivity index (χ4n) is 3.39. The Morgan fingerprint density at radius 1 is 1.21 bits per heavy atom. The van der Waals surface area contributed by atoms with E-state index in [2.05, 4.69) is 4.74 Å². The Balaban J connectivity index is 2.29. The van der Waals surface area contributed by atoms with Gasteiger partial charge < -0.3 is 14.2 Å². The van der Waals surface area contributed by atoms with E-state index < -0.39 is 23.4 Å². The molecule has 2 unspecified atom stereocenters. The Hall–Kier alpha value is -2.34. The van der Waals surface area contributed by atoms with Gasteiger partial charge in [0, 0.05) is 6.08 Å². The standard InChI is InChI=1S/C22H31NO5/c1-21(2,3)28-20(25)23-17(15-16-11-8-7-9-12-16)18(27-22(23,4)5)13-10-14-19(24)26-6/h7-12,14,17-18H,13,15H2,1-6H3/b14-10+. The zero-order chi connectivity index (χ0) is 20.9. The minimum atomic E-state index is -0.828. The van der Waals surface area contributed by atoms with E-state index in [1.807, 2.05) is 65.0 Å². The number of carbonyl (C=O) groups excluding carboxylic acids is 2. The monoisotopic (exact) mass is 389 g/mol. The highest BCUT2D eigenvalue weighted by molar-refractivity contribution is 5.81. The van der Waals surface area contributed by atoms with Crippen molar-refractivity contribution in [2.24, 2.45) is 0 Å². The van der Waals surface area contributed by atoms with Crippen molar-refractivity contribution >= 4 is 12.1 Å². The highest BCUT2D eigenvalue weighted by Crippen LogP contribution is 2.36. The third-order valence-corrected chi connectivity index (χ3v) is 4.48. The molecule has 0 aliphatic carbocycles. The number of benzene rings is 1. The number of hydrogen-bond acceptors (Lipinski definition) is 5. The smallest absolute Gasteiger partial charge is 0.412 e. The predicted octanol–water partition coefficient (Wildman–Crippen LogP) is 4.09. The van der Waals surface area contributed by atoms with Crippen LogP contribution in [-0.4, -0.2) is 47.5 Å². The van der Waals surface area contributed by atoms with Crippen molar-refractivity contribution in [3.63, 3.8) is 0 Å². The van der Waals surface area contributed by atoms with Crippen LogP contribution in [0.5, 0.6) is 0 Å². The molecule has 1 fully saturated rings. The van der Waals surface area contributed by atoms with Gasteiger partial charge in [0.15, 0.2) is 0 Å². The zero-order valence-corrected chi connectivity index (χ0v) is 17.6. The van der Waals surface area contributed by atoms with Gasteiger partial charge in [0.25, 0.3) is 0 Å². The lowest BCUT2D eigenvalue weighted by molar-refractivity contribution is -0.134. The molecule has 1 aromatic rings. The van der Waals surface area contributed by atoms with Crippen molar-refractivity contribution in [3.8, 4) is 0 Å². The highest BCUT2D eigenvalue weighted by atomic mass is 16.6. The Kier molecular flexibility index (Phi) is 6.88. The van der Waals surface area contributed by atoms with Crippen LogP contribution in [0.1, 0.15) is 46.6 Å². The van der Waals surface area contributed by atoms with Crippen LogP contribution in [0.15, 0.2) is 42.5 Å². The summed E-state index contributed by atoms with van der Waals surface area (Å²) < 4.78 is 16.5. The summed E-state index contributed by atoms with van der Waals surface area (Å²) in [5.74, 6) is -0.416. The summed E-state index contributed by atoms with van der Waals surface area (Å²) in [5.41, 5.74) is -0.330. The molecule has 1 aliphatic rings. The Bertz CT molecular complexity index is 705. The largest absolute Gasteiger partial charge is 0.466 e. The average Bonchev–Trinajstić information content (AvgIpc) is 2.84. The van der Waals surface area contributed by atoms with Crippen molar-refractivity contribution in [2.45, 2.75) is 70.9 Å². The molecule has 0 saturated carbocycles. The van der Waals surface area contributed by atoms with Crippen LogP contribution in [0, 0.1) is 0 Å². The van der Waals surface area contributed by atoms with Crippen LogP contribution in [0.25, 0.3) is 0 Å². The number of hydrogen-bond donors (Lipinski definition) is 0. The van der Waals surface area contributed by atoms with E-state index in [0.29, 0.717) is 12.8 Å². The summed E-state index contributed by atoms with van der Waals surface area (Å²) in [6.45, 7) is 9.25. The van der Waals surface area contributed by atoms with E-state index in [4.69, 9.17) is 9.47 Å². The van der Waals surface area contributed by atoms with E-state index >= 15 is 0 Å². The molecule has 1 aliphatic heterocycles. The number of nitrogens with zero attached hydrogens (tertiary/aromatic N) is 1. The normalized spacial score (nSPS) is 21.7. The molecule has 0 spiro atoms. The fraction of sp³-hybridized carbons (Fsp3) is 0.545. The van der Waals surface area contributed by atoms with Gasteiger partial charge in [-0.3, -0.25) is 4.90 Å². The Morgan fingerprint density at radius 3 is 2.43 bits per heavy atom. The number of esters is 1. The molecule has 154 valence electrons.